The number of phenolic OH excluding ortho intramolecular Hbond substituents is 1. The second-order valence-corrected chi connectivity index (χ2v) is 7.16. The maximum atomic E-state index is 10.6. The molecule has 3 N–H and O–H groups in total. The van der Waals surface area contributed by atoms with Gasteiger partial charge in [-0.1, -0.05) is 47.6 Å². The summed E-state index contributed by atoms with van der Waals surface area (Å²) in [6.45, 7) is 12.2. The zero-order valence-electron chi connectivity index (χ0n) is 12.5. The van der Waals surface area contributed by atoms with Gasteiger partial charge in [-0.2, -0.15) is 0 Å². The zero-order chi connectivity index (χ0) is 15.0. The van der Waals surface area contributed by atoms with Crippen LogP contribution in [0.3, 0.4) is 0 Å². The van der Waals surface area contributed by atoms with E-state index in [-0.39, 0.29) is 21.8 Å². The highest BCUT2D eigenvalue weighted by molar-refractivity contribution is 7.80. The number of nitrogens with two attached hydrogens (primary N) is 1. The molecule has 106 valence electrons. The third kappa shape index (κ3) is 3.60. The summed E-state index contributed by atoms with van der Waals surface area (Å²) in [5.41, 5.74) is 6.63. The van der Waals surface area contributed by atoms with Gasteiger partial charge in [0.25, 0.3) is 5.17 Å². The monoisotopic (exact) mass is 281 g/mol. The molecule has 0 amide bonds. The van der Waals surface area contributed by atoms with Crippen molar-refractivity contribution < 1.29 is 9.84 Å². The Labute approximate surface area is 120 Å². The van der Waals surface area contributed by atoms with Crippen molar-refractivity contribution in [1.82, 2.24) is 0 Å². The maximum Gasteiger partial charge on any atom is 0.259 e. The van der Waals surface area contributed by atoms with Gasteiger partial charge >= 0.3 is 0 Å². The number of benzene rings is 1. The number of hydrogen-bond donors (Lipinski definition) is 2. The lowest BCUT2D eigenvalue weighted by atomic mass is 9.79. The molecule has 1 aromatic carbocycles. The van der Waals surface area contributed by atoms with Gasteiger partial charge in [-0.05, 0) is 34.7 Å². The van der Waals surface area contributed by atoms with Crippen molar-refractivity contribution in [3.63, 3.8) is 0 Å². The van der Waals surface area contributed by atoms with Crippen molar-refractivity contribution in [3.05, 3.63) is 23.3 Å². The van der Waals surface area contributed by atoms with E-state index in [1.54, 1.807) is 0 Å². The molecular weight excluding hydrogens is 258 g/mol. The fourth-order valence-corrected chi connectivity index (χ4v) is 2.19. The van der Waals surface area contributed by atoms with Crippen LogP contribution in [-0.4, -0.2) is 10.3 Å². The van der Waals surface area contributed by atoms with Gasteiger partial charge in [0.2, 0.25) is 0 Å². The highest BCUT2D eigenvalue weighted by Gasteiger charge is 2.29. The molecule has 0 saturated carbocycles. The molecule has 0 atom stereocenters. The van der Waals surface area contributed by atoms with Gasteiger partial charge in [-0.3, -0.25) is 0 Å². The predicted molar refractivity (Wildman–Crippen MR) is 82.9 cm³/mol. The Morgan fingerprint density at radius 3 is 2.00 bits per heavy atom. The summed E-state index contributed by atoms with van der Waals surface area (Å²) < 4.78 is 5.37. The van der Waals surface area contributed by atoms with E-state index in [9.17, 15) is 5.11 Å². The first-order chi connectivity index (χ1) is 8.44. The molecule has 0 aliphatic heterocycles. The number of ether oxygens (including phenoxy) is 1. The average Bonchev–Trinajstić information content (AvgIpc) is 2.11. The standard InChI is InChI=1S/C15H23NO2S/c1-14(2,3)9-7-8-10(18-13(16)19)11(12(9)17)15(4,5)6/h7-8,17H,1-6H3,(H2,16,19). The van der Waals surface area contributed by atoms with E-state index in [1.165, 1.54) is 0 Å². The van der Waals surface area contributed by atoms with Gasteiger partial charge in [0.05, 0.1) is 0 Å². The third-order valence-corrected chi connectivity index (χ3v) is 2.99. The van der Waals surface area contributed by atoms with Crippen LogP contribution < -0.4 is 10.5 Å². The Morgan fingerprint density at radius 2 is 1.63 bits per heavy atom. The lowest BCUT2D eigenvalue weighted by Gasteiger charge is -2.28. The second-order valence-electron chi connectivity index (χ2n) is 6.76. The minimum absolute atomic E-state index is 0.0478. The molecule has 0 aliphatic rings. The fraction of sp³-hybridized carbons (Fsp3) is 0.533. The number of aromatic hydroxyl groups is 1. The SMILES string of the molecule is CC(C)(C)c1ccc(OC(N)=S)c(C(C)(C)C)c1O. The fourth-order valence-electron chi connectivity index (χ4n) is 2.10. The Morgan fingerprint density at radius 1 is 1.11 bits per heavy atom. The molecule has 3 nitrogen and oxygen atoms in total. The van der Waals surface area contributed by atoms with Crippen LogP contribution in [0.4, 0.5) is 0 Å². The Balaban J connectivity index is 3.55. The Kier molecular flexibility index (Phi) is 4.15. The smallest absolute Gasteiger partial charge is 0.259 e. The average molecular weight is 281 g/mol. The number of hydrogen-bond acceptors (Lipinski definition) is 3. The highest BCUT2D eigenvalue weighted by Crippen LogP contribution is 2.43. The molecule has 1 rings (SSSR count). The lowest BCUT2D eigenvalue weighted by molar-refractivity contribution is 0.411. The molecule has 0 saturated heterocycles. The number of phenols is 1. The van der Waals surface area contributed by atoms with E-state index in [2.05, 4.69) is 20.8 Å². The molecule has 19 heavy (non-hydrogen) atoms. The van der Waals surface area contributed by atoms with E-state index in [4.69, 9.17) is 22.7 Å². The molecule has 0 aliphatic carbocycles. The van der Waals surface area contributed by atoms with E-state index in [1.807, 2.05) is 32.9 Å². The molecule has 0 spiro atoms. The van der Waals surface area contributed by atoms with E-state index < -0.39 is 0 Å². The minimum atomic E-state index is -0.272. The van der Waals surface area contributed by atoms with Gasteiger partial charge in [-0.15, -0.1) is 0 Å². The van der Waals surface area contributed by atoms with Crippen LogP contribution >= 0.6 is 12.2 Å². The van der Waals surface area contributed by atoms with Crippen LogP contribution in [0.2, 0.25) is 0 Å². The quantitative estimate of drug-likeness (QED) is 0.772. The molecule has 0 heterocycles. The summed E-state index contributed by atoms with van der Waals surface area (Å²) in [6.07, 6.45) is 0. The first-order valence-electron chi connectivity index (χ1n) is 6.29. The summed E-state index contributed by atoms with van der Waals surface area (Å²) in [4.78, 5) is 0. The van der Waals surface area contributed by atoms with E-state index in [0.29, 0.717) is 5.75 Å². The second kappa shape index (κ2) is 5.00. The summed E-state index contributed by atoms with van der Waals surface area (Å²) in [6, 6.07) is 3.68. The van der Waals surface area contributed by atoms with Gasteiger partial charge in [0.15, 0.2) is 0 Å². The molecule has 1 aromatic rings. The van der Waals surface area contributed by atoms with Crippen LogP contribution in [0.15, 0.2) is 12.1 Å². The lowest BCUT2D eigenvalue weighted by Crippen LogP contribution is -2.22. The molecule has 0 fully saturated rings. The van der Waals surface area contributed by atoms with Crippen LogP contribution in [0.5, 0.6) is 11.5 Å². The molecule has 0 aromatic heterocycles. The van der Waals surface area contributed by atoms with Crippen LogP contribution in [-0.2, 0) is 10.8 Å². The zero-order valence-corrected chi connectivity index (χ0v) is 13.3. The first kappa shape index (κ1) is 15.8. The van der Waals surface area contributed by atoms with Gasteiger partial charge < -0.3 is 15.6 Å². The third-order valence-electron chi connectivity index (χ3n) is 2.91. The van der Waals surface area contributed by atoms with E-state index >= 15 is 0 Å². The topological polar surface area (TPSA) is 55.5 Å². The van der Waals surface area contributed by atoms with Crippen molar-refractivity contribution in [2.45, 2.75) is 52.4 Å². The largest absolute Gasteiger partial charge is 0.507 e. The maximum absolute atomic E-state index is 10.6. The first-order valence-corrected chi connectivity index (χ1v) is 6.69. The van der Waals surface area contributed by atoms with Crippen LogP contribution in [0.1, 0.15) is 52.7 Å². The van der Waals surface area contributed by atoms with Crippen molar-refractivity contribution in [2.24, 2.45) is 5.73 Å². The van der Waals surface area contributed by atoms with Crippen molar-refractivity contribution in [2.75, 3.05) is 0 Å². The molecule has 4 heteroatoms. The summed E-state index contributed by atoms with van der Waals surface area (Å²) >= 11 is 4.78. The number of rotatable bonds is 1. The van der Waals surface area contributed by atoms with Gasteiger partial charge in [0.1, 0.15) is 11.5 Å². The number of thiocarbonyl (C=S) groups is 1. The minimum Gasteiger partial charge on any atom is -0.507 e. The molecular formula is C15H23NO2S. The summed E-state index contributed by atoms with van der Waals surface area (Å²) in [7, 11) is 0. The van der Waals surface area contributed by atoms with Crippen molar-refractivity contribution in [3.8, 4) is 11.5 Å². The van der Waals surface area contributed by atoms with E-state index in [0.717, 1.165) is 11.1 Å². The van der Waals surface area contributed by atoms with Crippen LogP contribution in [0, 0.1) is 0 Å². The predicted octanol–water partition coefficient (Wildman–Crippen LogP) is 3.61. The van der Waals surface area contributed by atoms with Gasteiger partial charge in [0, 0.05) is 5.56 Å². The molecule has 0 bridgehead atoms. The summed E-state index contributed by atoms with van der Waals surface area (Å²) in [5.74, 6) is 0.777. The van der Waals surface area contributed by atoms with Crippen molar-refractivity contribution >= 4 is 17.4 Å². The summed E-state index contributed by atoms with van der Waals surface area (Å²) in [5, 5.41) is 10.5. The normalized spacial score (nSPS) is 12.3. The van der Waals surface area contributed by atoms with Gasteiger partial charge in [-0.25, -0.2) is 0 Å². The molecule has 0 unspecified atom stereocenters. The molecule has 0 radical (unpaired) electrons. The Hall–Kier alpha value is -1.29. The Bertz CT molecular complexity index is 496. The van der Waals surface area contributed by atoms with Crippen molar-refractivity contribution in [1.29, 1.82) is 0 Å². The van der Waals surface area contributed by atoms with Crippen LogP contribution in [0.25, 0.3) is 0 Å². The highest BCUT2D eigenvalue weighted by atomic mass is 32.1.